The molecule has 3 heteroatoms. The summed E-state index contributed by atoms with van der Waals surface area (Å²) >= 11 is 3.59. The molecule has 240 valence electrons. The third-order valence-corrected chi connectivity index (χ3v) is 15.7. The second-order valence-electron chi connectivity index (χ2n) is 13.2. The van der Waals surface area contributed by atoms with Gasteiger partial charge >= 0.3 is 293 Å². The molecule has 0 spiro atoms. The molecule has 8 aromatic carbocycles. The topological polar surface area (TPSA) is 0 Å². The van der Waals surface area contributed by atoms with Crippen molar-refractivity contribution in [2.24, 2.45) is 0 Å². The Morgan fingerprint density at radius 2 is 0.706 bits per heavy atom. The van der Waals surface area contributed by atoms with E-state index in [0.717, 1.165) is 0 Å². The summed E-state index contributed by atoms with van der Waals surface area (Å²) in [6.07, 6.45) is 0. The molecule has 0 saturated heterocycles. The van der Waals surface area contributed by atoms with E-state index in [1.165, 1.54) is 103 Å². The molecule has 2 aromatic heterocycles. The molecule has 3 heterocycles. The Bertz CT molecular complexity index is 2810. The normalized spacial score (nSPS) is 12.4. The first-order chi connectivity index (χ1) is 25.2. The van der Waals surface area contributed by atoms with Crippen LogP contribution in [-0.2, 0) is 0 Å². The van der Waals surface area contributed by atoms with E-state index in [0.29, 0.717) is 0 Å². The van der Waals surface area contributed by atoms with Gasteiger partial charge in [0.1, 0.15) is 0 Å². The molecule has 0 aliphatic carbocycles. The van der Waals surface area contributed by atoms with Crippen molar-refractivity contribution in [3.63, 3.8) is 0 Å². The fourth-order valence-electron chi connectivity index (χ4n) is 7.78. The van der Waals surface area contributed by atoms with Crippen molar-refractivity contribution in [1.29, 1.82) is 0 Å². The molecule has 0 saturated carbocycles. The summed E-state index contributed by atoms with van der Waals surface area (Å²) < 4.78 is 8.44. The van der Waals surface area contributed by atoms with Crippen molar-refractivity contribution >= 4 is 63.0 Å². The van der Waals surface area contributed by atoms with Gasteiger partial charge in [0.2, 0.25) is 0 Å². The Kier molecular flexibility index (Phi) is 6.82. The minimum absolute atomic E-state index is 0.208. The van der Waals surface area contributed by atoms with Crippen molar-refractivity contribution in [2.45, 2.75) is 0 Å². The molecule has 0 fully saturated rings. The Hall–Kier alpha value is -5.07. The number of rotatable bonds is 4. The monoisotopic (exact) mass is 795 g/mol. The second kappa shape index (κ2) is 11.7. The van der Waals surface area contributed by atoms with E-state index in [9.17, 15) is 0 Å². The third kappa shape index (κ3) is 4.83. The van der Waals surface area contributed by atoms with Gasteiger partial charge in [0, 0.05) is 0 Å². The maximum absolute atomic E-state index is 2.45. The number of benzene rings is 8. The summed E-state index contributed by atoms with van der Waals surface area (Å²) in [6.45, 7) is 0. The second-order valence-corrected chi connectivity index (χ2v) is 18.2. The number of halogens is 1. The number of hydrogen-bond acceptors (Lipinski definition) is 2. The van der Waals surface area contributed by atoms with Gasteiger partial charge in [-0.05, 0) is 0 Å². The summed E-state index contributed by atoms with van der Waals surface area (Å²) in [5.41, 5.74) is 13.0. The van der Waals surface area contributed by atoms with Gasteiger partial charge in [-0.15, -0.1) is 0 Å². The molecule has 0 bridgehead atoms. The van der Waals surface area contributed by atoms with E-state index in [-0.39, 0.29) is 21.2 Å². The minimum atomic E-state index is -0.208. The predicted molar refractivity (Wildman–Crippen MR) is 217 cm³/mol. The van der Waals surface area contributed by atoms with Gasteiger partial charge in [-0.3, -0.25) is 0 Å². The summed E-state index contributed by atoms with van der Waals surface area (Å²) in [6, 6.07) is 63.6. The van der Waals surface area contributed by atoms with Crippen molar-refractivity contribution in [1.82, 2.24) is 0 Å². The third-order valence-electron chi connectivity index (χ3n) is 10.2. The zero-order valence-electron chi connectivity index (χ0n) is 27.4. The molecule has 0 N–H and O–H groups in total. The molecule has 0 amide bonds. The molecule has 10 aromatic rings. The Morgan fingerprint density at radius 3 is 1.22 bits per heavy atom. The standard InChI is InChI=1S/C48H28IS2/c1-3-19-45-37(13-1)39-17-7-15-35(47(39)50-45)33-11-5-9-29(25-33)31-21-23-43-41(27-31)42-28-32(22-24-44(42)49-43)30-10-6-12-34(26-30)36-16-8-18-40-38-14-2-4-20-46(38)51-48(36)40/h1-28H/q-1. The molecule has 1 aliphatic rings. The molecule has 0 atom stereocenters. The van der Waals surface area contributed by atoms with Crippen LogP contribution in [0.1, 0.15) is 0 Å². The van der Waals surface area contributed by atoms with Crippen LogP contribution >= 0.6 is 22.7 Å². The van der Waals surface area contributed by atoms with E-state index in [2.05, 4.69) is 170 Å². The van der Waals surface area contributed by atoms with Gasteiger partial charge in [0.25, 0.3) is 0 Å². The first-order valence-electron chi connectivity index (χ1n) is 17.2. The number of fused-ring (bicyclic) bond motifs is 9. The van der Waals surface area contributed by atoms with Crippen molar-refractivity contribution in [3.05, 3.63) is 177 Å². The molecule has 51 heavy (non-hydrogen) atoms. The summed E-state index contributed by atoms with van der Waals surface area (Å²) in [7, 11) is 0. The van der Waals surface area contributed by atoms with Crippen LogP contribution in [0.5, 0.6) is 0 Å². The first-order valence-corrected chi connectivity index (χ1v) is 21.0. The first kappa shape index (κ1) is 29.6. The Labute approximate surface area is 314 Å². The zero-order chi connectivity index (χ0) is 33.5. The van der Waals surface area contributed by atoms with Crippen molar-refractivity contribution in [3.8, 4) is 55.6 Å². The van der Waals surface area contributed by atoms with E-state index in [4.69, 9.17) is 0 Å². The summed E-state index contributed by atoms with van der Waals surface area (Å²) in [5.74, 6) is 0. The molecule has 0 radical (unpaired) electrons. The van der Waals surface area contributed by atoms with Crippen LogP contribution in [0, 0.1) is 7.14 Å². The number of hydrogen-bond donors (Lipinski definition) is 0. The van der Waals surface area contributed by atoms with Gasteiger partial charge in [-0.2, -0.15) is 0 Å². The molecule has 1 aliphatic heterocycles. The quantitative estimate of drug-likeness (QED) is 0.156. The Balaban J connectivity index is 0.965. The summed E-state index contributed by atoms with van der Waals surface area (Å²) in [5, 5.41) is 5.37. The summed E-state index contributed by atoms with van der Waals surface area (Å²) in [4.78, 5) is 0. The van der Waals surface area contributed by atoms with Crippen LogP contribution in [0.3, 0.4) is 0 Å². The van der Waals surface area contributed by atoms with Crippen LogP contribution in [0.15, 0.2) is 170 Å². The fourth-order valence-corrected chi connectivity index (χ4v) is 13.1. The van der Waals surface area contributed by atoms with Gasteiger partial charge < -0.3 is 0 Å². The maximum atomic E-state index is 2.45. The van der Waals surface area contributed by atoms with E-state index in [1.807, 2.05) is 22.7 Å². The zero-order valence-corrected chi connectivity index (χ0v) is 31.2. The average Bonchev–Trinajstić information content (AvgIpc) is 3.89. The van der Waals surface area contributed by atoms with E-state index >= 15 is 0 Å². The molecule has 11 rings (SSSR count). The van der Waals surface area contributed by atoms with Gasteiger partial charge in [-0.25, -0.2) is 0 Å². The van der Waals surface area contributed by atoms with Crippen LogP contribution in [-0.4, -0.2) is 0 Å². The van der Waals surface area contributed by atoms with Gasteiger partial charge in [-0.1, -0.05) is 24.3 Å². The van der Waals surface area contributed by atoms with Gasteiger partial charge in [0.15, 0.2) is 0 Å². The van der Waals surface area contributed by atoms with Crippen LogP contribution in [0.2, 0.25) is 0 Å². The Morgan fingerprint density at radius 1 is 0.294 bits per heavy atom. The number of thiophene rings is 2. The predicted octanol–water partition coefficient (Wildman–Crippen LogP) is 11.2. The molecular weight excluding hydrogens is 768 g/mol. The molecular formula is C48H28IS2-. The van der Waals surface area contributed by atoms with Gasteiger partial charge in [0.05, 0.1) is 0 Å². The van der Waals surface area contributed by atoms with Crippen LogP contribution in [0.25, 0.3) is 96.0 Å². The van der Waals surface area contributed by atoms with Crippen LogP contribution in [0.4, 0.5) is 0 Å². The fraction of sp³-hybridized carbons (Fsp3) is 0. The van der Waals surface area contributed by atoms with Crippen molar-refractivity contribution < 1.29 is 21.2 Å². The SMILES string of the molecule is c1cc(-c2ccc3c(c2)-c2cc(-c4cccc(-c5cccc6c5sc5ccccc56)c4)ccc2[I-]3)cc(-c2cccc3c2sc2ccccc23)c1. The van der Waals surface area contributed by atoms with E-state index < -0.39 is 0 Å². The molecule has 0 unspecified atom stereocenters. The molecule has 0 nitrogen and oxygen atoms in total. The van der Waals surface area contributed by atoms with Crippen molar-refractivity contribution in [2.75, 3.05) is 0 Å². The van der Waals surface area contributed by atoms with Crippen LogP contribution < -0.4 is 21.2 Å². The van der Waals surface area contributed by atoms with E-state index in [1.54, 1.807) is 0 Å². The average molecular weight is 796 g/mol.